The minimum atomic E-state index is -1.42. The molecule has 0 N–H and O–H groups in total. The van der Waals surface area contributed by atoms with Gasteiger partial charge in [-0.15, -0.1) is 0 Å². The van der Waals surface area contributed by atoms with Gasteiger partial charge in [-0.3, -0.25) is 0 Å². The molecule has 2 heteroatoms. The summed E-state index contributed by atoms with van der Waals surface area (Å²) in [6, 6.07) is 9.41. The van der Waals surface area contributed by atoms with E-state index in [1.807, 2.05) is 0 Å². The fraction of sp³-hybridized carbons (Fsp3) is 0.542. The predicted molar refractivity (Wildman–Crippen MR) is 118 cm³/mol. The van der Waals surface area contributed by atoms with Crippen LogP contribution in [-0.4, -0.2) is 8.07 Å². The molecule has 2 rings (SSSR count). The number of aromatic nitrogens is 1. The van der Waals surface area contributed by atoms with Crippen molar-refractivity contribution in [3.05, 3.63) is 47.2 Å². The van der Waals surface area contributed by atoms with Crippen molar-refractivity contribution < 1.29 is 4.57 Å². The molecule has 0 saturated heterocycles. The van der Waals surface area contributed by atoms with Crippen molar-refractivity contribution in [2.45, 2.75) is 78.9 Å². The van der Waals surface area contributed by atoms with Crippen molar-refractivity contribution in [2.24, 2.45) is 7.05 Å². The monoisotopic (exact) mass is 368 g/mol. The molecule has 0 aliphatic carbocycles. The van der Waals surface area contributed by atoms with Crippen LogP contribution in [0.25, 0.3) is 11.3 Å². The summed E-state index contributed by atoms with van der Waals surface area (Å²) in [6.07, 6.45) is 2.41. The van der Waals surface area contributed by atoms with Crippen LogP contribution in [-0.2, 0) is 17.9 Å². The first kappa shape index (κ1) is 20.9. The lowest BCUT2D eigenvalue weighted by Gasteiger charge is -2.28. The van der Waals surface area contributed by atoms with Gasteiger partial charge in [-0.05, 0) is 40.5 Å². The normalized spacial score (nSPS) is 13.2. The van der Waals surface area contributed by atoms with Gasteiger partial charge in [0.2, 0.25) is 5.69 Å². The van der Waals surface area contributed by atoms with E-state index in [9.17, 15) is 0 Å². The molecular formula is C24H38NSi+. The van der Waals surface area contributed by atoms with E-state index < -0.39 is 8.07 Å². The van der Waals surface area contributed by atoms with Crippen LogP contribution in [0, 0.1) is 6.92 Å². The van der Waals surface area contributed by atoms with Gasteiger partial charge < -0.3 is 0 Å². The van der Waals surface area contributed by atoms with Crippen LogP contribution in [0.3, 0.4) is 0 Å². The van der Waals surface area contributed by atoms with Crippen molar-refractivity contribution in [2.75, 3.05) is 0 Å². The zero-order valence-electron chi connectivity index (χ0n) is 18.8. The third kappa shape index (κ3) is 4.28. The Morgan fingerprint density at radius 3 is 1.88 bits per heavy atom. The van der Waals surface area contributed by atoms with E-state index in [-0.39, 0.29) is 10.8 Å². The highest BCUT2D eigenvalue weighted by Crippen LogP contribution is 2.31. The molecule has 0 atom stereocenters. The fourth-order valence-corrected chi connectivity index (χ4v) is 5.34. The Morgan fingerprint density at radius 2 is 1.42 bits per heavy atom. The molecule has 1 nitrogen and oxygen atoms in total. The molecule has 0 amide bonds. The molecule has 0 aliphatic heterocycles. The first-order valence-electron chi connectivity index (χ1n) is 9.78. The lowest BCUT2D eigenvalue weighted by molar-refractivity contribution is -0.659. The zero-order valence-corrected chi connectivity index (χ0v) is 19.8. The predicted octanol–water partition coefficient (Wildman–Crippen LogP) is 5.63. The van der Waals surface area contributed by atoms with Crippen LogP contribution in [0.5, 0.6) is 0 Å². The summed E-state index contributed by atoms with van der Waals surface area (Å²) in [6.45, 7) is 23.5. The summed E-state index contributed by atoms with van der Waals surface area (Å²) in [5, 5.41) is 1.57. The van der Waals surface area contributed by atoms with Crippen molar-refractivity contribution in [3.63, 3.8) is 0 Å². The van der Waals surface area contributed by atoms with E-state index in [1.165, 1.54) is 27.9 Å². The topological polar surface area (TPSA) is 3.88 Å². The van der Waals surface area contributed by atoms with Crippen molar-refractivity contribution in [1.29, 1.82) is 0 Å². The van der Waals surface area contributed by atoms with Gasteiger partial charge in [0, 0.05) is 16.8 Å². The van der Waals surface area contributed by atoms with Crippen LogP contribution in [0.1, 0.15) is 58.2 Å². The molecule has 1 aromatic carbocycles. The summed E-state index contributed by atoms with van der Waals surface area (Å²) in [4.78, 5) is 0. The Kier molecular flexibility index (Phi) is 5.33. The van der Waals surface area contributed by atoms with Crippen molar-refractivity contribution in [3.8, 4) is 11.3 Å². The average Bonchev–Trinajstić information content (AvgIpc) is 2.44. The second kappa shape index (κ2) is 6.63. The van der Waals surface area contributed by atoms with Gasteiger partial charge in [-0.2, -0.15) is 0 Å². The van der Waals surface area contributed by atoms with Crippen LogP contribution < -0.4 is 9.75 Å². The van der Waals surface area contributed by atoms with Crippen molar-refractivity contribution >= 4 is 13.3 Å². The number of hydrogen-bond acceptors (Lipinski definition) is 0. The number of benzene rings is 1. The number of nitrogens with zero attached hydrogens (tertiary/aromatic N) is 1. The van der Waals surface area contributed by atoms with Gasteiger partial charge in [0.05, 0.1) is 8.07 Å². The van der Waals surface area contributed by atoms with Gasteiger partial charge >= 0.3 is 0 Å². The maximum Gasteiger partial charge on any atom is 0.212 e. The van der Waals surface area contributed by atoms with Crippen molar-refractivity contribution in [1.82, 2.24) is 0 Å². The molecule has 1 heterocycles. The van der Waals surface area contributed by atoms with E-state index >= 15 is 0 Å². The minimum Gasteiger partial charge on any atom is -0.201 e. The first-order chi connectivity index (χ1) is 11.6. The molecule has 2 aromatic rings. The third-order valence-corrected chi connectivity index (χ3v) is 7.28. The van der Waals surface area contributed by atoms with E-state index in [1.54, 1.807) is 5.19 Å². The van der Waals surface area contributed by atoms with Crippen LogP contribution >= 0.6 is 0 Å². The molecule has 0 radical (unpaired) electrons. The number of hydrogen-bond donors (Lipinski definition) is 0. The second-order valence-corrected chi connectivity index (χ2v) is 15.9. The summed E-state index contributed by atoms with van der Waals surface area (Å²) >= 11 is 0. The maximum absolute atomic E-state index is 2.46. The van der Waals surface area contributed by atoms with Gasteiger partial charge in [0.15, 0.2) is 6.20 Å². The van der Waals surface area contributed by atoms with E-state index in [4.69, 9.17) is 0 Å². The molecule has 0 bridgehead atoms. The lowest BCUT2D eigenvalue weighted by Crippen LogP contribution is -2.49. The average molecular weight is 369 g/mol. The zero-order chi connectivity index (χ0) is 20.1. The number of aryl methyl sites for hydroxylation is 2. The fourth-order valence-electron chi connectivity index (χ4n) is 3.50. The molecule has 0 aliphatic rings. The lowest BCUT2D eigenvalue weighted by atomic mass is 9.83. The molecule has 142 valence electrons. The summed E-state index contributed by atoms with van der Waals surface area (Å²) in [5.41, 5.74) is 7.22. The van der Waals surface area contributed by atoms with E-state index in [0.29, 0.717) is 0 Å². The van der Waals surface area contributed by atoms with E-state index in [0.717, 1.165) is 0 Å². The highest BCUT2D eigenvalue weighted by Gasteiger charge is 2.31. The van der Waals surface area contributed by atoms with Crippen LogP contribution in [0.2, 0.25) is 19.6 Å². The molecule has 0 saturated carbocycles. The standard InChI is InChI=1S/C24H38NSi/c1-17-12-13-18(23(2,3)4)14-19(17)21-15-20(24(5,6)7)22(16-25(21)8)26(9,10)11/h12-16H,1-11H3/q+1. The SMILES string of the molecule is Cc1ccc(C(C)(C)C)cc1-c1cc(C(C)(C)C)c([Si](C)(C)C)c[n+]1C. The highest BCUT2D eigenvalue weighted by atomic mass is 28.3. The highest BCUT2D eigenvalue weighted by molar-refractivity contribution is 6.89. The minimum absolute atomic E-state index is 0.147. The van der Waals surface area contributed by atoms with E-state index in [2.05, 4.69) is 110 Å². The van der Waals surface area contributed by atoms with Gasteiger partial charge in [0.1, 0.15) is 7.05 Å². The Bertz CT molecular complexity index is 812. The Labute approximate surface area is 162 Å². The molecule has 1 aromatic heterocycles. The Balaban J connectivity index is 2.80. The first-order valence-corrected chi connectivity index (χ1v) is 13.3. The second-order valence-electron chi connectivity index (χ2n) is 10.9. The molecule has 0 fully saturated rings. The quantitative estimate of drug-likeness (QED) is 0.478. The largest absolute Gasteiger partial charge is 0.212 e. The van der Waals surface area contributed by atoms with Crippen LogP contribution in [0.15, 0.2) is 30.5 Å². The van der Waals surface area contributed by atoms with Gasteiger partial charge in [0.25, 0.3) is 0 Å². The summed E-state index contributed by atoms with van der Waals surface area (Å²) in [7, 11) is 0.785. The summed E-state index contributed by atoms with van der Waals surface area (Å²) < 4.78 is 2.34. The Hall–Kier alpha value is -1.41. The van der Waals surface area contributed by atoms with Gasteiger partial charge in [-0.25, -0.2) is 4.57 Å². The summed E-state index contributed by atoms with van der Waals surface area (Å²) in [5.74, 6) is 0. The molecule has 0 unspecified atom stereocenters. The maximum atomic E-state index is 2.46. The third-order valence-electron chi connectivity index (χ3n) is 5.27. The molecule has 0 spiro atoms. The smallest absolute Gasteiger partial charge is 0.201 e. The van der Waals surface area contributed by atoms with Crippen LogP contribution in [0.4, 0.5) is 0 Å². The molecule has 26 heavy (non-hydrogen) atoms. The number of rotatable bonds is 2. The number of pyridine rings is 1. The molecular weight excluding hydrogens is 330 g/mol. The van der Waals surface area contributed by atoms with Gasteiger partial charge in [-0.1, -0.05) is 73.3 Å². The Morgan fingerprint density at radius 1 is 0.846 bits per heavy atom.